The van der Waals surface area contributed by atoms with E-state index in [-0.39, 0.29) is 6.04 Å². The number of aromatic nitrogens is 1. The van der Waals surface area contributed by atoms with Crippen molar-refractivity contribution in [1.29, 1.82) is 0 Å². The number of anilines is 1. The number of pyridine rings is 1. The summed E-state index contributed by atoms with van der Waals surface area (Å²) in [5.74, 6) is -1.34. The molecule has 116 valence electrons. The first-order chi connectivity index (χ1) is 10.6. The van der Waals surface area contributed by atoms with E-state index in [9.17, 15) is 9.59 Å². The lowest BCUT2D eigenvalue weighted by Gasteiger charge is -2.23. The number of nitrogens with one attached hydrogen (secondary N) is 2. The van der Waals surface area contributed by atoms with Crippen molar-refractivity contribution in [2.45, 2.75) is 6.04 Å². The molecule has 6 nitrogen and oxygen atoms in total. The van der Waals surface area contributed by atoms with Crippen molar-refractivity contribution in [3.8, 4) is 0 Å². The maximum atomic E-state index is 11.9. The Bertz CT molecular complexity index is 614. The van der Waals surface area contributed by atoms with Crippen molar-refractivity contribution in [3.05, 3.63) is 46.9 Å². The average molecular weight is 318 g/mol. The van der Waals surface area contributed by atoms with Crippen LogP contribution in [0.4, 0.5) is 5.69 Å². The summed E-state index contributed by atoms with van der Waals surface area (Å²) in [7, 11) is 3.88. The van der Waals surface area contributed by atoms with Crippen LogP contribution in [-0.4, -0.2) is 42.3 Å². The van der Waals surface area contributed by atoms with Crippen LogP contribution < -0.4 is 10.6 Å². The van der Waals surface area contributed by atoms with Gasteiger partial charge in [-0.2, -0.15) is 0 Å². The molecule has 2 aromatic heterocycles. The Balaban J connectivity index is 1.89. The van der Waals surface area contributed by atoms with Gasteiger partial charge in [-0.1, -0.05) is 6.07 Å². The highest BCUT2D eigenvalue weighted by atomic mass is 32.1. The first-order valence-electron chi connectivity index (χ1n) is 6.77. The number of thiophene rings is 1. The van der Waals surface area contributed by atoms with E-state index in [1.54, 1.807) is 35.9 Å². The summed E-state index contributed by atoms with van der Waals surface area (Å²) in [5.41, 5.74) is 0.539. The minimum Gasteiger partial charge on any atom is -0.346 e. The molecular formula is C15H18N4O2S. The summed E-state index contributed by atoms with van der Waals surface area (Å²) in [6, 6.07) is 7.27. The zero-order valence-electron chi connectivity index (χ0n) is 12.4. The average Bonchev–Trinajstić information content (AvgIpc) is 3.02. The summed E-state index contributed by atoms with van der Waals surface area (Å²) in [4.78, 5) is 30.7. The van der Waals surface area contributed by atoms with E-state index in [1.807, 2.05) is 36.5 Å². The smallest absolute Gasteiger partial charge is 0.313 e. The van der Waals surface area contributed by atoms with Crippen molar-refractivity contribution in [2.24, 2.45) is 0 Å². The van der Waals surface area contributed by atoms with Gasteiger partial charge in [0.1, 0.15) is 0 Å². The third kappa shape index (κ3) is 4.37. The molecule has 0 spiro atoms. The predicted octanol–water partition coefficient (Wildman–Crippen LogP) is 1.50. The lowest BCUT2D eigenvalue weighted by atomic mass is 10.2. The fourth-order valence-electron chi connectivity index (χ4n) is 1.91. The molecule has 0 aliphatic carbocycles. The van der Waals surface area contributed by atoms with E-state index in [1.165, 1.54) is 0 Å². The van der Waals surface area contributed by atoms with Crippen LogP contribution in [0.2, 0.25) is 0 Å². The highest BCUT2D eigenvalue weighted by molar-refractivity contribution is 7.10. The van der Waals surface area contributed by atoms with Gasteiger partial charge >= 0.3 is 11.8 Å². The zero-order chi connectivity index (χ0) is 15.9. The van der Waals surface area contributed by atoms with Gasteiger partial charge in [0.2, 0.25) is 0 Å². The third-order valence-electron chi connectivity index (χ3n) is 3.10. The molecule has 0 aliphatic rings. The number of carbonyl (C=O) groups is 2. The number of hydrogen-bond acceptors (Lipinski definition) is 5. The van der Waals surface area contributed by atoms with Crippen LogP contribution >= 0.6 is 11.3 Å². The molecule has 0 aromatic carbocycles. The molecule has 0 radical (unpaired) electrons. The standard InChI is InChI=1S/C15H18N4O2S/c1-19(2)12(13-4-3-9-22-13)10-17-14(20)15(21)18-11-5-7-16-8-6-11/h3-9,12H,10H2,1-2H3,(H,17,20)(H,16,18,21)/t12-/m1/s1. The molecule has 0 saturated heterocycles. The molecule has 2 aromatic rings. The quantitative estimate of drug-likeness (QED) is 0.819. The lowest BCUT2D eigenvalue weighted by molar-refractivity contribution is -0.136. The SMILES string of the molecule is CN(C)[C@H](CNC(=O)C(=O)Nc1ccncc1)c1cccs1. The van der Waals surface area contributed by atoms with Crippen LogP contribution in [-0.2, 0) is 9.59 Å². The molecule has 1 atom stereocenters. The van der Waals surface area contributed by atoms with Crippen LogP contribution in [0, 0.1) is 0 Å². The zero-order valence-corrected chi connectivity index (χ0v) is 13.3. The van der Waals surface area contributed by atoms with Gasteiger partial charge < -0.3 is 15.5 Å². The second-order valence-electron chi connectivity index (χ2n) is 4.89. The molecule has 2 amide bonds. The van der Waals surface area contributed by atoms with E-state index in [2.05, 4.69) is 15.6 Å². The topological polar surface area (TPSA) is 74.3 Å². The molecule has 0 bridgehead atoms. The Morgan fingerprint density at radius 2 is 1.95 bits per heavy atom. The van der Waals surface area contributed by atoms with Crippen LogP contribution in [0.1, 0.15) is 10.9 Å². The summed E-state index contributed by atoms with van der Waals surface area (Å²) in [5, 5.41) is 7.19. The van der Waals surface area contributed by atoms with Crippen molar-refractivity contribution in [2.75, 3.05) is 26.0 Å². The molecular weight excluding hydrogens is 300 g/mol. The van der Waals surface area contributed by atoms with Gasteiger partial charge in [0.25, 0.3) is 0 Å². The largest absolute Gasteiger partial charge is 0.346 e. The fraction of sp³-hybridized carbons (Fsp3) is 0.267. The maximum Gasteiger partial charge on any atom is 0.313 e. The highest BCUT2D eigenvalue weighted by Gasteiger charge is 2.19. The minimum absolute atomic E-state index is 0.0395. The number of likely N-dealkylation sites (N-methyl/N-ethyl adjacent to an activating group) is 1. The normalized spacial score (nSPS) is 12.0. The van der Waals surface area contributed by atoms with Gasteiger partial charge in [-0.05, 0) is 37.7 Å². The second-order valence-corrected chi connectivity index (χ2v) is 5.87. The van der Waals surface area contributed by atoms with Crippen LogP contribution in [0.15, 0.2) is 42.0 Å². The molecule has 7 heteroatoms. The minimum atomic E-state index is -0.685. The fourth-order valence-corrected chi connectivity index (χ4v) is 2.83. The van der Waals surface area contributed by atoms with Crippen molar-refractivity contribution >= 4 is 28.8 Å². The van der Waals surface area contributed by atoms with Crippen LogP contribution in [0.3, 0.4) is 0 Å². The second kappa shape index (κ2) is 7.67. The number of carbonyl (C=O) groups excluding carboxylic acids is 2. The summed E-state index contributed by atoms with van der Waals surface area (Å²) < 4.78 is 0. The van der Waals surface area contributed by atoms with Gasteiger partial charge in [0, 0.05) is 29.5 Å². The summed E-state index contributed by atoms with van der Waals surface area (Å²) >= 11 is 1.62. The van der Waals surface area contributed by atoms with Gasteiger partial charge in [-0.15, -0.1) is 11.3 Å². The van der Waals surface area contributed by atoms with Gasteiger partial charge in [-0.25, -0.2) is 0 Å². The van der Waals surface area contributed by atoms with Gasteiger partial charge in [-0.3, -0.25) is 14.6 Å². The van der Waals surface area contributed by atoms with Crippen molar-refractivity contribution in [1.82, 2.24) is 15.2 Å². The Kier molecular flexibility index (Phi) is 5.62. The Morgan fingerprint density at radius 1 is 1.23 bits per heavy atom. The van der Waals surface area contributed by atoms with Gasteiger partial charge in [0.15, 0.2) is 0 Å². The monoisotopic (exact) mass is 318 g/mol. The molecule has 0 saturated carbocycles. The number of amides is 2. The van der Waals surface area contributed by atoms with E-state index in [0.717, 1.165) is 4.88 Å². The van der Waals surface area contributed by atoms with Crippen LogP contribution in [0.25, 0.3) is 0 Å². The third-order valence-corrected chi connectivity index (χ3v) is 4.07. The van der Waals surface area contributed by atoms with Crippen molar-refractivity contribution < 1.29 is 9.59 Å². The first-order valence-corrected chi connectivity index (χ1v) is 7.65. The predicted molar refractivity (Wildman–Crippen MR) is 86.6 cm³/mol. The molecule has 2 heterocycles. The van der Waals surface area contributed by atoms with Crippen molar-refractivity contribution in [3.63, 3.8) is 0 Å². The van der Waals surface area contributed by atoms with Crippen LogP contribution in [0.5, 0.6) is 0 Å². The molecule has 0 fully saturated rings. The number of hydrogen-bond donors (Lipinski definition) is 2. The molecule has 2 N–H and O–H groups in total. The number of nitrogens with zero attached hydrogens (tertiary/aromatic N) is 2. The molecule has 2 rings (SSSR count). The summed E-state index contributed by atoms with van der Waals surface area (Å²) in [6.45, 7) is 0.371. The highest BCUT2D eigenvalue weighted by Crippen LogP contribution is 2.22. The molecule has 0 aliphatic heterocycles. The Labute approximate surface area is 133 Å². The lowest BCUT2D eigenvalue weighted by Crippen LogP contribution is -2.40. The van der Waals surface area contributed by atoms with E-state index in [4.69, 9.17) is 0 Å². The molecule has 22 heavy (non-hydrogen) atoms. The molecule has 0 unspecified atom stereocenters. The number of rotatable bonds is 5. The Hall–Kier alpha value is -2.25. The Morgan fingerprint density at radius 3 is 2.55 bits per heavy atom. The summed E-state index contributed by atoms with van der Waals surface area (Å²) in [6.07, 6.45) is 3.10. The van der Waals surface area contributed by atoms with E-state index < -0.39 is 11.8 Å². The maximum absolute atomic E-state index is 11.9. The van der Waals surface area contributed by atoms with E-state index in [0.29, 0.717) is 12.2 Å². The first kappa shape index (κ1) is 16.1. The van der Waals surface area contributed by atoms with E-state index >= 15 is 0 Å². The van der Waals surface area contributed by atoms with Gasteiger partial charge in [0.05, 0.1) is 6.04 Å².